The minimum Gasteiger partial charge on any atom is -0.344 e. The van der Waals surface area contributed by atoms with Crippen molar-refractivity contribution in [3.05, 3.63) is 39.7 Å². The molecule has 0 aliphatic rings. The van der Waals surface area contributed by atoms with E-state index in [2.05, 4.69) is 20.3 Å². The number of urea groups is 1. The Hall–Kier alpha value is -2.49. The van der Waals surface area contributed by atoms with Crippen LogP contribution in [0.1, 0.15) is 11.1 Å². The topological polar surface area (TPSA) is 86.0 Å². The van der Waals surface area contributed by atoms with Crippen molar-refractivity contribution in [3.63, 3.8) is 0 Å². The van der Waals surface area contributed by atoms with Crippen molar-refractivity contribution in [3.8, 4) is 0 Å². The Morgan fingerprint density at radius 3 is 2.61 bits per heavy atom. The first-order valence-electron chi connectivity index (χ1n) is 6.37. The molecule has 0 unspecified atom stereocenters. The van der Waals surface area contributed by atoms with Crippen molar-refractivity contribution in [2.75, 3.05) is 17.7 Å². The fourth-order valence-electron chi connectivity index (χ4n) is 1.82. The third-order valence-electron chi connectivity index (χ3n) is 2.97. The van der Waals surface area contributed by atoms with E-state index in [0.717, 1.165) is 17.6 Å². The SMILES string of the molecule is CNC(=O)Nc1c(Nc2ccc(C)c(C(F)(F)F)c2)s[nH]c1=O. The first kappa shape index (κ1) is 16.9. The minimum atomic E-state index is -4.48. The van der Waals surface area contributed by atoms with Crippen LogP contribution in [0.4, 0.5) is 34.3 Å². The lowest BCUT2D eigenvalue weighted by atomic mass is 10.1. The van der Waals surface area contributed by atoms with E-state index in [0.29, 0.717) is 0 Å². The molecule has 1 aromatic heterocycles. The van der Waals surface area contributed by atoms with Gasteiger partial charge in [0.2, 0.25) is 0 Å². The van der Waals surface area contributed by atoms with E-state index in [1.165, 1.54) is 26.1 Å². The Balaban J connectivity index is 2.34. The number of amides is 2. The number of alkyl halides is 3. The highest BCUT2D eigenvalue weighted by molar-refractivity contribution is 7.11. The van der Waals surface area contributed by atoms with Gasteiger partial charge in [0.25, 0.3) is 5.56 Å². The Morgan fingerprint density at radius 1 is 1.30 bits per heavy atom. The van der Waals surface area contributed by atoms with Gasteiger partial charge < -0.3 is 16.0 Å². The van der Waals surface area contributed by atoms with Gasteiger partial charge in [-0.15, -0.1) is 0 Å². The monoisotopic (exact) mass is 346 g/mol. The van der Waals surface area contributed by atoms with Gasteiger partial charge in [0.05, 0.1) is 5.56 Å². The maximum absolute atomic E-state index is 12.9. The number of aromatic amines is 1. The maximum Gasteiger partial charge on any atom is 0.416 e. The number of rotatable bonds is 3. The van der Waals surface area contributed by atoms with E-state index >= 15 is 0 Å². The number of hydrogen-bond acceptors (Lipinski definition) is 4. The van der Waals surface area contributed by atoms with Gasteiger partial charge in [0.1, 0.15) is 10.7 Å². The van der Waals surface area contributed by atoms with Crippen LogP contribution in [0.25, 0.3) is 0 Å². The molecule has 0 saturated carbocycles. The molecule has 10 heteroatoms. The average Bonchev–Trinajstić information content (AvgIpc) is 2.81. The van der Waals surface area contributed by atoms with Crippen LogP contribution in [0.15, 0.2) is 23.0 Å². The molecule has 1 aromatic carbocycles. The van der Waals surface area contributed by atoms with Gasteiger partial charge in [0, 0.05) is 12.7 Å². The first-order chi connectivity index (χ1) is 10.7. The lowest BCUT2D eigenvalue weighted by Gasteiger charge is -2.13. The van der Waals surface area contributed by atoms with Gasteiger partial charge in [0.15, 0.2) is 0 Å². The fraction of sp³-hybridized carbons (Fsp3) is 0.231. The van der Waals surface area contributed by atoms with Gasteiger partial charge in [-0.2, -0.15) is 13.2 Å². The Morgan fingerprint density at radius 2 is 2.00 bits per heavy atom. The smallest absolute Gasteiger partial charge is 0.344 e. The number of aryl methyl sites for hydroxylation is 1. The highest BCUT2D eigenvalue weighted by Crippen LogP contribution is 2.35. The second-order valence-corrected chi connectivity index (χ2v) is 5.41. The zero-order chi connectivity index (χ0) is 17.2. The predicted molar refractivity (Wildman–Crippen MR) is 82.5 cm³/mol. The van der Waals surface area contributed by atoms with Crippen molar-refractivity contribution in [1.29, 1.82) is 0 Å². The predicted octanol–water partition coefficient (Wildman–Crippen LogP) is 3.26. The summed E-state index contributed by atoms with van der Waals surface area (Å²) >= 11 is 0.869. The number of H-pyrrole nitrogens is 1. The van der Waals surface area contributed by atoms with Crippen LogP contribution < -0.4 is 21.5 Å². The van der Waals surface area contributed by atoms with Crippen LogP contribution >= 0.6 is 11.5 Å². The van der Waals surface area contributed by atoms with Gasteiger partial charge in [-0.3, -0.25) is 9.17 Å². The summed E-state index contributed by atoms with van der Waals surface area (Å²) in [4.78, 5) is 23.0. The van der Waals surface area contributed by atoms with Crippen molar-refractivity contribution in [1.82, 2.24) is 9.69 Å². The second kappa shape index (κ2) is 6.32. The second-order valence-electron chi connectivity index (χ2n) is 4.59. The van der Waals surface area contributed by atoms with Crippen LogP contribution in [-0.2, 0) is 6.18 Å². The molecule has 23 heavy (non-hydrogen) atoms. The largest absolute Gasteiger partial charge is 0.416 e. The Bertz CT molecular complexity index is 782. The van der Waals surface area contributed by atoms with E-state index in [-0.39, 0.29) is 21.9 Å². The summed E-state index contributed by atoms with van der Waals surface area (Å²) in [5.41, 5.74) is -1.15. The molecular weight excluding hydrogens is 333 g/mol. The van der Waals surface area contributed by atoms with E-state index in [9.17, 15) is 22.8 Å². The molecule has 0 aliphatic heterocycles. The van der Waals surface area contributed by atoms with Crippen LogP contribution in [0, 0.1) is 6.92 Å². The zero-order valence-corrected chi connectivity index (χ0v) is 12.9. The lowest BCUT2D eigenvalue weighted by Crippen LogP contribution is -2.27. The van der Waals surface area contributed by atoms with Crippen LogP contribution in [0.3, 0.4) is 0 Å². The summed E-state index contributed by atoms with van der Waals surface area (Å²) in [5.74, 6) is 0. The lowest BCUT2D eigenvalue weighted by molar-refractivity contribution is -0.138. The molecule has 0 bridgehead atoms. The number of carbonyl (C=O) groups is 1. The standard InChI is InChI=1S/C13H13F3N4O2S/c1-6-3-4-7(5-8(6)13(14,15)16)18-11-9(10(21)20-23-11)19-12(22)17-2/h3-5,18H,1-2H3,(H,20,21)(H2,17,19,22). The van der Waals surface area contributed by atoms with E-state index in [4.69, 9.17) is 0 Å². The number of benzene rings is 1. The van der Waals surface area contributed by atoms with Crippen molar-refractivity contribution in [2.45, 2.75) is 13.1 Å². The highest BCUT2D eigenvalue weighted by atomic mass is 32.1. The molecule has 2 rings (SSSR count). The van der Waals surface area contributed by atoms with Crippen LogP contribution in [0.2, 0.25) is 0 Å². The summed E-state index contributed by atoms with van der Waals surface area (Å²) in [6.45, 7) is 1.36. The quantitative estimate of drug-likeness (QED) is 0.688. The zero-order valence-electron chi connectivity index (χ0n) is 12.1. The van der Waals surface area contributed by atoms with Crippen LogP contribution in [0.5, 0.6) is 0 Å². The number of halogens is 3. The summed E-state index contributed by atoms with van der Waals surface area (Å²) < 4.78 is 41.2. The third kappa shape index (κ3) is 3.83. The molecule has 0 radical (unpaired) electrons. The summed E-state index contributed by atoms with van der Waals surface area (Å²) in [5, 5.41) is 7.51. The highest BCUT2D eigenvalue weighted by Gasteiger charge is 2.32. The molecule has 4 N–H and O–H groups in total. The van der Waals surface area contributed by atoms with E-state index in [1.807, 2.05) is 0 Å². The molecule has 1 heterocycles. The fourth-order valence-corrected chi connectivity index (χ4v) is 2.53. The first-order valence-corrected chi connectivity index (χ1v) is 7.19. The van der Waals surface area contributed by atoms with Crippen LogP contribution in [-0.4, -0.2) is 17.5 Å². The minimum absolute atomic E-state index is 0.0662. The van der Waals surface area contributed by atoms with Gasteiger partial charge in [-0.1, -0.05) is 6.07 Å². The summed E-state index contributed by atoms with van der Waals surface area (Å²) in [6.07, 6.45) is -4.48. The number of anilines is 3. The third-order valence-corrected chi connectivity index (χ3v) is 3.76. The van der Waals surface area contributed by atoms with Gasteiger partial charge in [-0.05, 0) is 36.2 Å². The Labute approximate surface area is 132 Å². The molecule has 0 aliphatic carbocycles. The van der Waals surface area contributed by atoms with Gasteiger partial charge >= 0.3 is 12.2 Å². The summed E-state index contributed by atoms with van der Waals surface area (Å²) in [6, 6.07) is 3.12. The number of carbonyl (C=O) groups excluding carboxylic acids is 1. The van der Waals surface area contributed by atoms with E-state index < -0.39 is 23.3 Å². The number of aromatic nitrogens is 1. The molecule has 6 nitrogen and oxygen atoms in total. The average molecular weight is 346 g/mol. The molecule has 124 valence electrons. The number of nitrogens with one attached hydrogen (secondary N) is 4. The maximum atomic E-state index is 12.9. The van der Waals surface area contributed by atoms with E-state index in [1.54, 1.807) is 0 Å². The Kier molecular flexibility index (Phi) is 4.64. The van der Waals surface area contributed by atoms with Gasteiger partial charge in [-0.25, -0.2) is 4.79 Å². The molecule has 2 amide bonds. The normalized spacial score (nSPS) is 11.2. The molecule has 0 saturated heterocycles. The van der Waals surface area contributed by atoms with Crippen molar-refractivity contribution >= 4 is 33.9 Å². The van der Waals surface area contributed by atoms with Crippen molar-refractivity contribution in [2.24, 2.45) is 0 Å². The summed E-state index contributed by atoms with van der Waals surface area (Å²) in [7, 11) is 1.37. The molecule has 0 fully saturated rings. The number of hydrogen-bond donors (Lipinski definition) is 4. The van der Waals surface area contributed by atoms with Crippen molar-refractivity contribution < 1.29 is 18.0 Å². The molecule has 2 aromatic rings. The molecular formula is C13H13F3N4O2S. The molecule has 0 atom stereocenters. The molecule has 0 spiro atoms.